The number of hydrogen-bond acceptors (Lipinski definition) is 6. The van der Waals surface area contributed by atoms with Crippen molar-refractivity contribution in [2.24, 2.45) is 0 Å². The minimum absolute atomic E-state index is 0.0133. The van der Waals surface area contributed by atoms with Gasteiger partial charge in [0.15, 0.2) is 11.5 Å². The average Bonchev–Trinajstić information content (AvgIpc) is 2.82. The van der Waals surface area contributed by atoms with Crippen LogP contribution >= 0.6 is 11.6 Å². The summed E-state index contributed by atoms with van der Waals surface area (Å²) in [5.74, 6) is 0.235. The molecule has 0 bridgehead atoms. The van der Waals surface area contributed by atoms with Gasteiger partial charge in [-0.1, -0.05) is 41.9 Å². The molecule has 172 valence electrons. The topological polar surface area (TPSA) is 83.1 Å². The summed E-state index contributed by atoms with van der Waals surface area (Å²) in [6.45, 7) is 2.11. The van der Waals surface area contributed by atoms with Crippen molar-refractivity contribution in [2.75, 3.05) is 32.8 Å². The number of halogens is 1. The third-order valence-corrected chi connectivity index (χ3v) is 5.11. The molecule has 0 saturated carbocycles. The fourth-order valence-electron chi connectivity index (χ4n) is 3.07. The van der Waals surface area contributed by atoms with E-state index in [-0.39, 0.29) is 35.1 Å². The number of nitrogens with one attached hydrogen (secondary N) is 1. The van der Waals surface area contributed by atoms with Gasteiger partial charge in [-0.2, -0.15) is 0 Å². The van der Waals surface area contributed by atoms with E-state index in [2.05, 4.69) is 5.32 Å². The Morgan fingerprint density at radius 1 is 0.848 bits per heavy atom. The maximum atomic E-state index is 12.8. The molecule has 7 nitrogen and oxygen atoms in total. The molecular formula is C25H24ClNO6. The number of ether oxygens (including phenoxy) is 4. The third-order valence-electron chi connectivity index (χ3n) is 4.78. The molecule has 0 spiro atoms. The summed E-state index contributed by atoms with van der Waals surface area (Å²) < 4.78 is 21.6. The van der Waals surface area contributed by atoms with Crippen LogP contribution in [-0.4, -0.2) is 39.3 Å². The molecule has 0 heterocycles. The Kier molecular flexibility index (Phi) is 8.16. The quantitative estimate of drug-likeness (QED) is 0.344. The minimum Gasteiger partial charge on any atom is -0.493 e. The second kappa shape index (κ2) is 11.2. The number of carbonyl (C=O) groups excluding carboxylic acids is 2. The molecule has 8 heteroatoms. The van der Waals surface area contributed by atoms with E-state index in [0.29, 0.717) is 17.2 Å². The van der Waals surface area contributed by atoms with Crippen molar-refractivity contribution in [1.82, 2.24) is 0 Å². The van der Waals surface area contributed by atoms with Crippen LogP contribution in [-0.2, 0) is 4.74 Å². The first-order valence-corrected chi connectivity index (χ1v) is 10.5. The van der Waals surface area contributed by atoms with Gasteiger partial charge >= 0.3 is 5.97 Å². The molecule has 3 aromatic carbocycles. The molecule has 0 saturated heterocycles. The van der Waals surface area contributed by atoms with Gasteiger partial charge in [0.2, 0.25) is 0 Å². The van der Waals surface area contributed by atoms with E-state index in [9.17, 15) is 9.59 Å². The lowest BCUT2D eigenvalue weighted by Gasteiger charge is -2.16. The van der Waals surface area contributed by atoms with Crippen LogP contribution in [0.5, 0.6) is 17.2 Å². The maximum Gasteiger partial charge on any atom is 0.340 e. The van der Waals surface area contributed by atoms with E-state index in [4.69, 9.17) is 30.5 Å². The first-order chi connectivity index (χ1) is 15.9. The van der Waals surface area contributed by atoms with Gasteiger partial charge < -0.3 is 24.3 Å². The predicted molar refractivity (Wildman–Crippen MR) is 126 cm³/mol. The van der Waals surface area contributed by atoms with Crippen LogP contribution in [0, 0.1) is 6.92 Å². The Morgan fingerprint density at radius 2 is 1.52 bits per heavy atom. The SMILES string of the molecule is COc1cc(NC(=O)c2ccccc2Cl)c(C(=O)OCCOc2ccccc2C)cc1OC. The van der Waals surface area contributed by atoms with Crippen LogP contribution in [0.3, 0.4) is 0 Å². The maximum absolute atomic E-state index is 12.8. The zero-order chi connectivity index (χ0) is 23.8. The van der Waals surface area contributed by atoms with Crippen LogP contribution in [0.15, 0.2) is 60.7 Å². The summed E-state index contributed by atoms with van der Waals surface area (Å²) >= 11 is 6.13. The second-order valence-corrected chi connectivity index (χ2v) is 7.34. The number of carbonyl (C=O) groups is 2. The summed E-state index contributed by atoms with van der Waals surface area (Å²) in [4.78, 5) is 25.6. The van der Waals surface area contributed by atoms with Crippen LogP contribution in [0.1, 0.15) is 26.3 Å². The van der Waals surface area contributed by atoms with E-state index in [1.807, 2.05) is 31.2 Å². The number of rotatable bonds is 9. The lowest BCUT2D eigenvalue weighted by molar-refractivity contribution is 0.0451. The second-order valence-electron chi connectivity index (χ2n) is 6.94. The lowest BCUT2D eigenvalue weighted by Crippen LogP contribution is -2.18. The van der Waals surface area contributed by atoms with Crippen LogP contribution in [0.25, 0.3) is 0 Å². The molecule has 33 heavy (non-hydrogen) atoms. The van der Waals surface area contributed by atoms with Gasteiger partial charge in [0.05, 0.1) is 36.1 Å². The normalized spacial score (nSPS) is 10.3. The molecule has 0 atom stereocenters. The zero-order valence-corrected chi connectivity index (χ0v) is 19.3. The van der Waals surface area contributed by atoms with Crippen LogP contribution in [0.2, 0.25) is 5.02 Å². The fourth-order valence-corrected chi connectivity index (χ4v) is 3.29. The number of esters is 1. The molecule has 1 amide bonds. The number of aryl methyl sites for hydroxylation is 1. The number of para-hydroxylation sites is 1. The molecule has 0 aliphatic carbocycles. The summed E-state index contributed by atoms with van der Waals surface area (Å²) in [5, 5.41) is 2.99. The summed E-state index contributed by atoms with van der Waals surface area (Å²) in [5.41, 5.74) is 1.54. The number of hydrogen-bond donors (Lipinski definition) is 1. The highest BCUT2D eigenvalue weighted by molar-refractivity contribution is 6.34. The van der Waals surface area contributed by atoms with E-state index >= 15 is 0 Å². The molecule has 0 aromatic heterocycles. The molecule has 0 aliphatic heterocycles. The van der Waals surface area contributed by atoms with Crippen molar-refractivity contribution in [1.29, 1.82) is 0 Å². The average molecular weight is 470 g/mol. The van der Waals surface area contributed by atoms with Crippen LogP contribution in [0.4, 0.5) is 5.69 Å². The fraction of sp³-hybridized carbons (Fsp3) is 0.200. The van der Waals surface area contributed by atoms with Gasteiger partial charge in [0.25, 0.3) is 5.91 Å². The van der Waals surface area contributed by atoms with Gasteiger partial charge in [-0.05, 0) is 30.7 Å². The first kappa shape index (κ1) is 23.9. The minimum atomic E-state index is -0.654. The van der Waals surface area contributed by atoms with Crippen molar-refractivity contribution in [2.45, 2.75) is 6.92 Å². The van der Waals surface area contributed by atoms with Crippen molar-refractivity contribution < 1.29 is 28.5 Å². The van der Waals surface area contributed by atoms with Gasteiger partial charge in [0.1, 0.15) is 19.0 Å². The van der Waals surface area contributed by atoms with Crippen LogP contribution < -0.4 is 19.5 Å². The molecular weight excluding hydrogens is 446 g/mol. The molecule has 1 N–H and O–H groups in total. The van der Waals surface area contributed by atoms with Gasteiger partial charge in [-0.3, -0.25) is 4.79 Å². The number of benzene rings is 3. The van der Waals surface area contributed by atoms with Gasteiger partial charge in [0, 0.05) is 12.1 Å². The summed E-state index contributed by atoms with van der Waals surface area (Å²) in [6.07, 6.45) is 0. The highest BCUT2D eigenvalue weighted by Gasteiger charge is 2.21. The Balaban J connectivity index is 1.77. The van der Waals surface area contributed by atoms with Gasteiger partial charge in [-0.15, -0.1) is 0 Å². The molecule has 0 fully saturated rings. The van der Waals surface area contributed by atoms with E-state index < -0.39 is 11.9 Å². The Bertz CT molecular complexity index is 1150. The zero-order valence-electron chi connectivity index (χ0n) is 18.5. The monoisotopic (exact) mass is 469 g/mol. The van der Waals surface area contributed by atoms with Gasteiger partial charge in [-0.25, -0.2) is 4.79 Å². The highest BCUT2D eigenvalue weighted by Crippen LogP contribution is 2.34. The van der Waals surface area contributed by atoms with Crippen molar-refractivity contribution in [3.8, 4) is 17.2 Å². The number of anilines is 1. The van der Waals surface area contributed by atoms with E-state index in [1.165, 1.54) is 26.4 Å². The van der Waals surface area contributed by atoms with E-state index in [1.54, 1.807) is 24.3 Å². The molecule has 0 unspecified atom stereocenters. The smallest absolute Gasteiger partial charge is 0.340 e. The van der Waals surface area contributed by atoms with Crippen molar-refractivity contribution >= 4 is 29.2 Å². The van der Waals surface area contributed by atoms with Crippen molar-refractivity contribution in [3.05, 3.63) is 82.4 Å². The Labute approximate surface area is 197 Å². The summed E-state index contributed by atoms with van der Waals surface area (Å²) in [6, 6.07) is 17.1. The lowest BCUT2D eigenvalue weighted by atomic mass is 10.1. The Hall–Kier alpha value is -3.71. The third kappa shape index (κ3) is 5.96. The Morgan fingerprint density at radius 3 is 2.21 bits per heavy atom. The molecule has 3 aromatic rings. The molecule has 0 aliphatic rings. The van der Waals surface area contributed by atoms with E-state index in [0.717, 1.165) is 5.56 Å². The molecule has 0 radical (unpaired) electrons. The molecule has 3 rings (SSSR count). The predicted octanol–water partition coefficient (Wildman–Crippen LogP) is 5.15. The first-order valence-electron chi connectivity index (χ1n) is 10.1. The highest BCUT2D eigenvalue weighted by atomic mass is 35.5. The number of amides is 1. The standard InChI is InChI=1S/C25H24ClNO6/c1-16-8-4-7-11-21(16)32-12-13-33-25(29)18-14-22(30-2)23(31-3)15-20(18)27-24(28)17-9-5-6-10-19(17)26/h4-11,14-15H,12-13H2,1-3H3,(H,27,28). The number of methoxy groups -OCH3 is 2. The van der Waals surface area contributed by atoms with Crippen molar-refractivity contribution in [3.63, 3.8) is 0 Å². The summed E-state index contributed by atoms with van der Waals surface area (Å²) in [7, 11) is 2.91. The largest absolute Gasteiger partial charge is 0.493 e.